The van der Waals surface area contributed by atoms with Crippen LogP contribution >= 0.6 is 0 Å². The van der Waals surface area contributed by atoms with E-state index < -0.39 is 0 Å². The van der Waals surface area contributed by atoms with Crippen LogP contribution in [0.1, 0.15) is 20.8 Å². The lowest BCUT2D eigenvalue weighted by atomic mass is 10.1. The Morgan fingerprint density at radius 3 is 2.79 bits per heavy atom. The van der Waals surface area contributed by atoms with Crippen molar-refractivity contribution < 1.29 is 4.74 Å². The molecule has 0 amide bonds. The SMILES string of the molecule is CNCC(C)CN1CCOC(C)(C)C1. The Bertz CT molecular complexity index is 171. The van der Waals surface area contributed by atoms with E-state index in [1.54, 1.807) is 0 Å². The number of ether oxygens (including phenoxy) is 1. The van der Waals surface area contributed by atoms with Crippen molar-refractivity contribution in [2.24, 2.45) is 5.92 Å². The van der Waals surface area contributed by atoms with Gasteiger partial charge in [0.05, 0.1) is 12.2 Å². The molecule has 1 heterocycles. The molecule has 0 radical (unpaired) electrons. The van der Waals surface area contributed by atoms with Gasteiger partial charge >= 0.3 is 0 Å². The van der Waals surface area contributed by atoms with Crippen molar-refractivity contribution in [2.75, 3.05) is 39.8 Å². The van der Waals surface area contributed by atoms with Gasteiger partial charge < -0.3 is 10.1 Å². The Labute approximate surface area is 87.8 Å². The second-order valence-electron chi connectivity index (χ2n) is 5.01. The van der Waals surface area contributed by atoms with Crippen molar-refractivity contribution in [1.29, 1.82) is 0 Å². The summed E-state index contributed by atoms with van der Waals surface area (Å²) in [5, 5.41) is 3.22. The lowest BCUT2D eigenvalue weighted by Crippen LogP contribution is -2.49. The fraction of sp³-hybridized carbons (Fsp3) is 1.00. The van der Waals surface area contributed by atoms with Gasteiger partial charge in [0.1, 0.15) is 0 Å². The summed E-state index contributed by atoms with van der Waals surface area (Å²) in [5.41, 5.74) is 0.0393. The molecule has 1 fully saturated rings. The van der Waals surface area contributed by atoms with E-state index >= 15 is 0 Å². The molecule has 1 unspecified atom stereocenters. The number of hydrogen-bond acceptors (Lipinski definition) is 3. The Morgan fingerprint density at radius 2 is 2.21 bits per heavy atom. The number of hydrogen-bond donors (Lipinski definition) is 1. The van der Waals surface area contributed by atoms with Crippen LogP contribution in [0.3, 0.4) is 0 Å². The number of morpholine rings is 1. The Kier molecular flexibility index (Phi) is 4.35. The molecule has 0 aromatic rings. The van der Waals surface area contributed by atoms with Crippen molar-refractivity contribution in [1.82, 2.24) is 10.2 Å². The smallest absolute Gasteiger partial charge is 0.0753 e. The van der Waals surface area contributed by atoms with Crippen molar-refractivity contribution in [3.63, 3.8) is 0 Å². The van der Waals surface area contributed by atoms with E-state index in [2.05, 4.69) is 31.0 Å². The van der Waals surface area contributed by atoms with E-state index in [9.17, 15) is 0 Å². The average molecular weight is 200 g/mol. The highest BCUT2D eigenvalue weighted by molar-refractivity contribution is 4.80. The van der Waals surface area contributed by atoms with Crippen LogP contribution in [0.25, 0.3) is 0 Å². The third-order valence-electron chi connectivity index (χ3n) is 2.63. The van der Waals surface area contributed by atoms with Gasteiger partial charge in [-0.05, 0) is 33.4 Å². The molecule has 1 atom stereocenters. The second-order valence-corrected chi connectivity index (χ2v) is 5.01. The number of nitrogens with one attached hydrogen (secondary N) is 1. The van der Waals surface area contributed by atoms with Crippen LogP contribution < -0.4 is 5.32 Å². The molecule has 1 aliphatic rings. The average Bonchev–Trinajstić information content (AvgIpc) is 2.02. The maximum atomic E-state index is 5.68. The van der Waals surface area contributed by atoms with Gasteiger partial charge in [-0.25, -0.2) is 0 Å². The first kappa shape index (κ1) is 12.0. The van der Waals surface area contributed by atoms with Crippen LogP contribution in [-0.2, 0) is 4.74 Å². The van der Waals surface area contributed by atoms with Gasteiger partial charge in [0.2, 0.25) is 0 Å². The van der Waals surface area contributed by atoms with Crippen LogP contribution in [0, 0.1) is 5.92 Å². The maximum absolute atomic E-state index is 5.68. The molecule has 1 rings (SSSR count). The van der Waals surface area contributed by atoms with E-state index in [-0.39, 0.29) is 5.60 Å². The zero-order valence-corrected chi connectivity index (χ0v) is 9.97. The summed E-state index contributed by atoms with van der Waals surface area (Å²) in [4.78, 5) is 2.51. The Morgan fingerprint density at radius 1 is 1.50 bits per heavy atom. The third kappa shape index (κ3) is 3.95. The molecule has 3 nitrogen and oxygen atoms in total. The summed E-state index contributed by atoms with van der Waals surface area (Å²) in [5.74, 6) is 0.717. The first-order valence-electron chi connectivity index (χ1n) is 5.54. The van der Waals surface area contributed by atoms with Gasteiger partial charge in [-0.2, -0.15) is 0 Å². The minimum absolute atomic E-state index is 0.0393. The molecule has 0 aromatic carbocycles. The summed E-state index contributed by atoms with van der Waals surface area (Å²) >= 11 is 0. The first-order valence-corrected chi connectivity index (χ1v) is 5.54. The van der Waals surface area contributed by atoms with E-state index in [0.717, 1.165) is 26.2 Å². The fourth-order valence-corrected chi connectivity index (χ4v) is 2.12. The van der Waals surface area contributed by atoms with Gasteiger partial charge in [-0.15, -0.1) is 0 Å². The molecule has 0 spiro atoms. The first-order chi connectivity index (χ1) is 6.53. The van der Waals surface area contributed by atoms with E-state index in [0.29, 0.717) is 5.92 Å². The lowest BCUT2D eigenvalue weighted by Gasteiger charge is -2.39. The Balaban J connectivity index is 2.30. The molecule has 1 aliphatic heterocycles. The highest BCUT2D eigenvalue weighted by Crippen LogP contribution is 2.17. The predicted octanol–water partition coefficient (Wildman–Crippen LogP) is 0.953. The minimum Gasteiger partial charge on any atom is -0.373 e. The van der Waals surface area contributed by atoms with Crippen molar-refractivity contribution >= 4 is 0 Å². The van der Waals surface area contributed by atoms with Gasteiger partial charge in [0.25, 0.3) is 0 Å². The highest BCUT2D eigenvalue weighted by Gasteiger charge is 2.27. The summed E-state index contributed by atoms with van der Waals surface area (Å²) in [6.45, 7) is 11.9. The normalized spacial score (nSPS) is 24.9. The van der Waals surface area contributed by atoms with Crippen molar-refractivity contribution in [3.05, 3.63) is 0 Å². The molecule has 0 saturated carbocycles. The van der Waals surface area contributed by atoms with E-state index in [1.165, 1.54) is 6.54 Å². The molecule has 14 heavy (non-hydrogen) atoms. The van der Waals surface area contributed by atoms with Gasteiger partial charge in [-0.3, -0.25) is 4.90 Å². The molecule has 1 saturated heterocycles. The fourth-order valence-electron chi connectivity index (χ4n) is 2.12. The van der Waals surface area contributed by atoms with Crippen LogP contribution in [0.4, 0.5) is 0 Å². The van der Waals surface area contributed by atoms with Crippen molar-refractivity contribution in [2.45, 2.75) is 26.4 Å². The third-order valence-corrected chi connectivity index (χ3v) is 2.63. The molecular formula is C11H24N2O. The van der Waals surface area contributed by atoms with Crippen molar-refractivity contribution in [3.8, 4) is 0 Å². The van der Waals surface area contributed by atoms with Gasteiger partial charge in [0, 0.05) is 19.6 Å². The highest BCUT2D eigenvalue weighted by atomic mass is 16.5. The molecule has 0 aliphatic carbocycles. The quantitative estimate of drug-likeness (QED) is 0.731. The zero-order valence-electron chi connectivity index (χ0n) is 9.97. The molecule has 3 heteroatoms. The summed E-state index contributed by atoms with van der Waals surface area (Å²) in [6, 6.07) is 0. The monoisotopic (exact) mass is 200 g/mol. The molecule has 0 bridgehead atoms. The lowest BCUT2D eigenvalue weighted by molar-refractivity contribution is -0.0884. The maximum Gasteiger partial charge on any atom is 0.0753 e. The zero-order chi connectivity index (χ0) is 10.6. The van der Waals surface area contributed by atoms with E-state index in [4.69, 9.17) is 4.74 Å². The topological polar surface area (TPSA) is 24.5 Å². The van der Waals surface area contributed by atoms with Crippen LogP contribution in [0.15, 0.2) is 0 Å². The standard InChI is InChI=1S/C11H24N2O/c1-10(7-12-4)8-13-5-6-14-11(2,3)9-13/h10,12H,5-9H2,1-4H3. The number of nitrogens with zero attached hydrogens (tertiary/aromatic N) is 1. The number of rotatable bonds is 4. The molecule has 0 aromatic heterocycles. The summed E-state index contributed by atoms with van der Waals surface area (Å²) < 4.78 is 5.68. The van der Waals surface area contributed by atoms with Gasteiger partial charge in [-0.1, -0.05) is 6.92 Å². The predicted molar refractivity (Wildman–Crippen MR) is 59.6 cm³/mol. The van der Waals surface area contributed by atoms with Crippen LogP contribution in [-0.4, -0.2) is 50.3 Å². The van der Waals surface area contributed by atoms with Crippen LogP contribution in [0.2, 0.25) is 0 Å². The van der Waals surface area contributed by atoms with Gasteiger partial charge in [0.15, 0.2) is 0 Å². The largest absolute Gasteiger partial charge is 0.373 e. The molecule has 84 valence electrons. The Hall–Kier alpha value is -0.120. The minimum atomic E-state index is 0.0393. The summed E-state index contributed by atoms with van der Waals surface area (Å²) in [7, 11) is 2.01. The second kappa shape index (κ2) is 5.10. The van der Waals surface area contributed by atoms with E-state index in [1.807, 2.05) is 7.05 Å². The molecular weight excluding hydrogens is 176 g/mol. The van der Waals surface area contributed by atoms with Crippen LogP contribution in [0.5, 0.6) is 0 Å². The molecule has 1 N–H and O–H groups in total. The summed E-state index contributed by atoms with van der Waals surface area (Å²) in [6.07, 6.45) is 0.